The number of hydrogen-bond donors (Lipinski definition) is 3. The zero-order valence-electron chi connectivity index (χ0n) is 29.3. The van der Waals surface area contributed by atoms with Gasteiger partial charge in [-0.25, -0.2) is 4.79 Å². The highest BCUT2D eigenvalue weighted by molar-refractivity contribution is 6.05. The number of Topliss-reactive ketones (excluding diaryl/α,β-unsaturated/α-hetero) is 1. The summed E-state index contributed by atoms with van der Waals surface area (Å²) in [5.41, 5.74) is -3.91. The van der Waals surface area contributed by atoms with Gasteiger partial charge in [-0.05, 0) is 80.4 Å². The van der Waals surface area contributed by atoms with E-state index in [1.165, 1.54) is 0 Å². The van der Waals surface area contributed by atoms with Crippen molar-refractivity contribution in [2.45, 2.75) is 135 Å². The van der Waals surface area contributed by atoms with Crippen LogP contribution in [0.25, 0.3) is 0 Å². The van der Waals surface area contributed by atoms with Gasteiger partial charge in [-0.2, -0.15) is 0 Å². The van der Waals surface area contributed by atoms with Crippen molar-refractivity contribution in [1.29, 1.82) is 0 Å². The summed E-state index contributed by atoms with van der Waals surface area (Å²) in [6.07, 6.45) is -1.47. The highest BCUT2D eigenvalue weighted by Gasteiger charge is 2.60. The van der Waals surface area contributed by atoms with Gasteiger partial charge in [0.15, 0.2) is 17.7 Å². The largest absolute Gasteiger partial charge is 0.457 e. The van der Waals surface area contributed by atoms with Gasteiger partial charge in [0, 0.05) is 23.9 Å². The fourth-order valence-corrected chi connectivity index (χ4v) is 8.22. The first kappa shape index (κ1) is 36.7. The smallest absolute Gasteiger partial charge is 0.408 e. The van der Waals surface area contributed by atoms with Crippen LogP contribution in [0.5, 0.6) is 0 Å². The Morgan fingerprint density at radius 3 is 2.41 bits per heavy atom. The maximum atomic E-state index is 14.8. The minimum atomic E-state index is -1.69. The molecule has 12 nitrogen and oxygen atoms in total. The molecule has 46 heavy (non-hydrogen) atoms. The lowest BCUT2D eigenvalue weighted by Crippen LogP contribution is -2.62. The quantitative estimate of drug-likeness (QED) is 0.229. The summed E-state index contributed by atoms with van der Waals surface area (Å²) in [4.78, 5) is 43.7. The van der Waals surface area contributed by atoms with Crippen molar-refractivity contribution in [3.8, 4) is 0 Å². The van der Waals surface area contributed by atoms with E-state index >= 15 is 0 Å². The van der Waals surface area contributed by atoms with Crippen LogP contribution in [0.15, 0.2) is 12.7 Å². The van der Waals surface area contributed by atoms with Gasteiger partial charge in [-0.15, -0.1) is 6.58 Å². The number of carbonyl (C=O) groups is 3. The fourth-order valence-electron chi connectivity index (χ4n) is 8.22. The fraction of sp³-hybridized carbons (Fsp3) is 0.853. The number of esters is 1. The number of hydrogen-bond acceptors (Lipinski definition) is 11. The molecule has 12 heteroatoms. The Hall–Kier alpha value is -2.09. The summed E-state index contributed by atoms with van der Waals surface area (Å²) >= 11 is 0. The number of likely N-dealkylation sites (N-methyl/N-ethyl adjacent to an activating group) is 1. The first-order valence-corrected chi connectivity index (χ1v) is 16.8. The van der Waals surface area contributed by atoms with Crippen LogP contribution >= 0.6 is 0 Å². The minimum Gasteiger partial charge on any atom is -0.457 e. The van der Waals surface area contributed by atoms with Crippen LogP contribution in [0.2, 0.25) is 0 Å². The van der Waals surface area contributed by atoms with Crippen LogP contribution in [0, 0.1) is 23.2 Å². The van der Waals surface area contributed by atoms with Crippen molar-refractivity contribution >= 4 is 17.8 Å². The molecular weight excluding hydrogens is 594 g/mol. The molecule has 5 rings (SSSR count). The third-order valence-corrected chi connectivity index (χ3v) is 11.1. The average Bonchev–Trinajstić information content (AvgIpc) is 3.31. The van der Waals surface area contributed by atoms with Gasteiger partial charge in [0.05, 0.1) is 30.5 Å². The molecule has 0 saturated carbocycles. The average molecular weight is 652 g/mol. The number of aliphatic hydroxyl groups is 1. The van der Waals surface area contributed by atoms with Gasteiger partial charge >= 0.3 is 12.1 Å². The highest BCUT2D eigenvalue weighted by atomic mass is 16.7. The highest BCUT2D eigenvalue weighted by Crippen LogP contribution is 2.45. The number of nitrogens with zero attached hydrogens (tertiary/aromatic N) is 1. The number of rotatable bonds is 5. The molecule has 0 aromatic heterocycles. The van der Waals surface area contributed by atoms with E-state index in [4.69, 9.17) is 23.7 Å². The minimum absolute atomic E-state index is 0.0124. The lowest BCUT2D eigenvalue weighted by molar-refractivity contribution is -0.301. The van der Waals surface area contributed by atoms with E-state index in [0.717, 1.165) is 0 Å². The summed E-state index contributed by atoms with van der Waals surface area (Å²) in [7, 11) is 3.81. The van der Waals surface area contributed by atoms with Gasteiger partial charge < -0.3 is 44.3 Å². The van der Waals surface area contributed by atoms with Gasteiger partial charge in [-0.1, -0.05) is 26.8 Å². The SMILES string of the molecule is C=C[C@H]1CO[C@@]2(C)C[C@@H](C)CN[C@H](C)[C@H]3NC(=O)O[C@]3(C)[C@@H](CC)OC(=O)C1(C)C(=O)[C@H](C)[C@H]2OC1OC(C)CC(N(C)C)C1O. The molecule has 1 amide bonds. The Morgan fingerprint density at radius 2 is 1.80 bits per heavy atom. The third kappa shape index (κ3) is 6.62. The summed E-state index contributed by atoms with van der Waals surface area (Å²) in [5, 5.41) is 17.9. The second-order valence-electron chi connectivity index (χ2n) is 15.0. The monoisotopic (exact) mass is 651 g/mol. The summed E-state index contributed by atoms with van der Waals surface area (Å²) in [6.45, 7) is 19.4. The van der Waals surface area contributed by atoms with Crippen molar-refractivity contribution in [2.75, 3.05) is 27.2 Å². The number of amides is 1. The summed E-state index contributed by atoms with van der Waals surface area (Å²) < 4.78 is 31.6. The number of aliphatic hydroxyl groups excluding tert-OH is 1. The zero-order valence-corrected chi connectivity index (χ0v) is 29.3. The van der Waals surface area contributed by atoms with E-state index in [1.54, 1.807) is 26.8 Å². The molecule has 0 aromatic carbocycles. The van der Waals surface area contributed by atoms with E-state index in [0.29, 0.717) is 25.8 Å². The second kappa shape index (κ2) is 13.8. The Bertz CT molecular complexity index is 1150. The number of alkyl carbamates (subject to hydrolysis) is 1. The molecule has 5 fully saturated rings. The van der Waals surface area contributed by atoms with Crippen LogP contribution in [0.4, 0.5) is 4.79 Å². The lowest BCUT2D eigenvalue weighted by atomic mass is 9.66. The third-order valence-electron chi connectivity index (χ3n) is 11.1. The van der Waals surface area contributed by atoms with E-state index in [9.17, 15) is 19.5 Å². The predicted molar refractivity (Wildman–Crippen MR) is 171 cm³/mol. The molecule has 0 spiro atoms. The van der Waals surface area contributed by atoms with E-state index in [2.05, 4.69) is 24.1 Å². The maximum Gasteiger partial charge on any atom is 0.408 e. The van der Waals surface area contributed by atoms with Crippen LogP contribution in [-0.4, -0.2) is 115 Å². The molecule has 262 valence electrons. The Balaban J connectivity index is 1.82. The molecule has 5 aliphatic heterocycles. The van der Waals surface area contributed by atoms with Crippen LogP contribution in [0.3, 0.4) is 0 Å². The standard InChI is InChI=1S/C34H57N3O9/c1-12-22-17-42-32(7)15-18(3)16-35-21(6)26-34(9,46-31(41)36-26)24(13-2)44-30(40)33(22,8)27(39)20(5)28(32)45-29-25(38)23(37(10)11)14-19(4)43-29/h12,18-26,28-29,35,38H,1,13-17H2,2-11H3,(H,36,41)/t18-,19?,20+,21-,22+,23?,24-,25?,26-,28-,29?,32+,33?,34-/m1/s1. The Kier molecular flexibility index (Phi) is 11.0. The van der Waals surface area contributed by atoms with Gasteiger partial charge in [0.2, 0.25) is 0 Å². The lowest BCUT2D eigenvalue weighted by Gasteiger charge is -2.50. The Labute approximate surface area is 274 Å². The molecule has 5 aliphatic rings. The molecule has 0 aliphatic carbocycles. The first-order chi connectivity index (χ1) is 21.4. The predicted octanol–water partition coefficient (Wildman–Crippen LogP) is 2.81. The molecular formula is C34H57N3O9. The number of nitrogens with one attached hydrogen (secondary N) is 2. The molecule has 5 unspecified atom stereocenters. The molecule has 5 saturated heterocycles. The van der Waals surface area contributed by atoms with Gasteiger partial charge in [0.1, 0.15) is 17.6 Å². The van der Waals surface area contributed by atoms with Crippen molar-refractivity contribution in [3.05, 3.63) is 12.7 Å². The molecule has 2 bridgehead atoms. The Morgan fingerprint density at radius 1 is 1.13 bits per heavy atom. The molecule has 0 radical (unpaired) electrons. The molecule has 14 atom stereocenters. The van der Waals surface area contributed by atoms with E-state index in [-0.39, 0.29) is 36.5 Å². The molecule has 3 N–H and O–H groups in total. The normalized spacial score (nSPS) is 47.6. The number of ether oxygens (including phenoxy) is 5. The molecule has 0 aromatic rings. The molecule has 5 heterocycles. The van der Waals surface area contributed by atoms with E-state index < -0.39 is 71.2 Å². The number of carbonyl (C=O) groups excluding carboxylic acids is 3. The second-order valence-corrected chi connectivity index (χ2v) is 15.0. The van der Waals surface area contributed by atoms with Crippen molar-refractivity contribution in [2.24, 2.45) is 23.2 Å². The zero-order chi connectivity index (χ0) is 34.4. The van der Waals surface area contributed by atoms with Crippen LogP contribution < -0.4 is 10.6 Å². The van der Waals surface area contributed by atoms with Crippen molar-refractivity contribution in [1.82, 2.24) is 15.5 Å². The van der Waals surface area contributed by atoms with Crippen LogP contribution in [0.1, 0.15) is 74.7 Å². The van der Waals surface area contributed by atoms with Crippen molar-refractivity contribution < 1.29 is 43.2 Å². The van der Waals surface area contributed by atoms with E-state index in [1.807, 2.05) is 46.7 Å². The van der Waals surface area contributed by atoms with Gasteiger partial charge in [-0.3, -0.25) is 9.59 Å². The topological polar surface area (TPSA) is 145 Å². The maximum absolute atomic E-state index is 14.8. The first-order valence-electron chi connectivity index (χ1n) is 16.8. The number of fused-ring (bicyclic) bond motifs is 10. The van der Waals surface area contributed by atoms with Crippen LogP contribution in [-0.2, 0) is 33.3 Å². The van der Waals surface area contributed by atoms with Crippen molar-refractivity contribution in [3.63, 3.8) is 0 Å². The summed E-state index contributed by atoms with van der Waals surface area (Å²) in [6, 6.07) is -0.970. The number of ketones is 1. The van der Waals surface area contributed by atoms with Gasteiger partial charge in [0.25, 0.3) is 0 Å². The summed E-state index contributed by atoms with van der Waals surface area (Å²) in [5.74, 6) is -2.68.